The molecule has 0 spiro atoms. The molecule has 1 fully saturated rings. The summed E-state index contributed by atoms with van der Waals surface area (Å²) < 4.78 is 0. The van der Waals surface area contributed by atoms with Crippen LogP contribution >= 0.6 is 11.6 Å². The lowest BCUT2D eigenvalue weighted by Gasteiger charge is -2.35. The lowest BCUT2D eigenvalue weighted by molar-refractivity contribution is 0.378. The highest BCUT2D eigenvalue weighted by Crippen LogP contribution is 2.30. The van der Waals surface area contributed by atoms with Crippen LogP contribution in [0.1, 0.15) is 45.1 Å². The summed E-state index contributed by atoms with van der Waals surface area (Å²) >= 11 is 6.14. The molecule has 20 heavy (non-hydrogen) atoms. The van der Waals surface area contributed by atoms with E-state index in [-0.39, 0.29) is 6.04 Å². The van der Waals surface area contributed by atoms with Crippen LogP contribution in [-0.4, -0.2) is 19.1 Å². The third kappa shape index (κ3) is 4.13. The zero-order chi connectivity index (χ0) is 14.5. The van der Waals surface area contributed by atoms with Gasteiger partial charge in [0.25, 0.3) is 0 Å². The van der Waals surface area contributed by atoms with Crippen molar-refractivity contribution in [3.8, 4) is 0 Å². The molecule has 0 amide bonds. The molecule has 1 aliphatic rings. The van der Waals surface area contributed by atoms with E-state index in [0.717, 1.165) is 30.5 Å². The SMILES string of the molecule is CCCC1CCN(c2ccc(Cl)cc2CC(C)N)CC1. The fourth-order valence-electron chi connectivity index (χ4n) is 3.24. The predicted molar refractivity (Wildman–Crippen MR) is 88.7 cm³/mol. The first-order valence-electron chi connectivity index (χ1n) is 7.89. The van der Waals surface area contributed by atoms with Gasteiger partial charge in [0.15, 0.2) is 0 Å². The second-order valence-electron chi connectivity index (χ2n) is 6.17. The van der Waals surface area contributed by atoms with Crippen LogP contribution in [0.25, 0.3) is 0 Å². The molecule has 1 unspecified atom stereocenters. The summed E-state index contributed by atoms with van der Waals surface area (Å²) in [6.07, 6.45) is 6.20. The van der Waals surface area contributed by atoms with Crippen LogP contribution < -0.4 is 10.6 Å². The maximum Gasteiger partial charge on any atom is 0.0410 e. The number of anilines is 1. The van der Waals surface area contributed by atoms with Gasteiger partial charge >= 0.3 is 0 Å². The highest BCUT2D eigenvalue weighted by Gasteiger charge is 2.20. The van der Waals surface area contributed by atoms with Crippen molar-refractivity contribution in [2.24, 2.45) is 11.7 Å². The maximum absolute atomic E-state index is 6.14. The van der Waals surface area contributed by atoms with Crippen molar-refractivity contribution in [2.75, 3.05) is 18.0 Å². The van der Waals surface area contributed by atoms with Crippen LogP contribution in [0.4, 0.5) is 5.69 Å². The standard InChI is InChI=1S/C17H27ClN2/c1-3-4-14-7-9-20(10-8-14)17-6-5-16(18)12-15(17)11-13(2)19/h5-6,12-14H,3-4,7-11,19H2,1-2H3. The smallest absolute Gasteiger partial charge is 0.0410 e. The highest BCUT2D eigenvalue weighted by molar-refractivity contribution is 6.30. The average Bonchev–Trinajstić information content (AvgIpc) is 2.40. The molecule has 1 aromatic rings. The Bertz CT molecular complexity index is 423. The van der Waals surface area contributed by atoms with E-state index in [9.17, 15) is 0 Å². The van der Waals surface area contributed by atoms with Gasteiger partial charge in [-0.1, -0.05) is 31.4 Å². The predicted octanol–water partition coefficient (Wildman–Crippen LogP) is 4.25. The summed E-state index contributed by atoms with van der Waals surface area (Å²) in [6, 6.07) is 6.42. The van der Waals surface area contributed by atoms with Crippen molar-refractivity contribution in [3.63, 3.8) is 0 Å². The zero-order valence-electron chi connectivity index (χ0n) is 12.7. The van der Waals surface area contributed by atoms with E-state index in [0.29, 0.717) is 0 Å². The van der Waals surface area contributed by atoms with Gasteiger partial charge in [-0.2, -0.15) is 0 Å². The number of piperidine rings is 1. The van der Waals surface area contributed by atoms with Gasteiger partial charge in [-0.3, -0.25) is 0 Å². The summed E-state index contributed by atoms with van der Waals surface area (Å²) in [6.45, 7) is 6.67. The first-order chi connectivity index (χ1) is 9.60. The second-order valence-corrected chi connectivity index (χ2v) is 6.61. The van der Waals surface area contributed by atoms with E-state index in [4.69, 9.17) is 17.3 Å². The molecule has 1 atom stereocenters. The minimum atomic E-state index is 0.171. The summed E-state index contributed by atoms with van der Waals surface area (Å²) in [7, 11) is 0. The van der Waals surface area contributed by atoms with Crippen molar-refractivity contribution in [2.45, 2.75) is 52.0 Å². The minimum absolute atomic E-state index is 0.171. The van der Waals surface area contributed by atoms with Gasteiger partial charge in [0.05, 0.1) is 0 Å². The van der Waals surface area contributed by atoms with Crippen molar-refractivity contribution in [1.29, 1.82) is 0 Å². The molecule has 112 valence electrons. The molecule has 1 heterocycles. The van der Waals surface area contributed by atoms with Crippen molar-refractivity contribution in [1.82, 2.24) is 0 Å². The van der Waals surface area contributed by atoms with Gasteiger partial charge in [-0.25, -0.2) is 0 Å². The summed E-state index contributed by atoms with van der Waals surface area (Å²) in [5.74, 6) is 0.917. The lowest BCUT2D eigenvalue weighted by Crippen LogP contribution is -2.34. The number of hydrogen-bond donors (Lipinski definition) is 1. The Morgan fingerprint density at radius 3 is 2.65 bits per heavy atom. The molecule has 0 saturated carbocycles. The molecule has 2 rings (SSSR count). The molecule has 1 saturated heterocycles. The third-order valence-corrected chi connectivity index (χ3v) is 4.47. The molecule has 1 aromatic carbocycles. The third-order valence-electron chi connectivity index (χ3n) is 4.24. The Labute approximate surface area is 128 Å². The molecule has 2 nitrogen and oxygen atoms in total. The number of nitrogens with two attached hydrogens (primary N) is 1. The van der Waals surface area contributed by atoms with Crippen molar-refractivity contribution < 1.29 is 0 Å². The second kappa shape index (κ2) is 7.33. The Kier molecular flexibility index (Phi) is 5.74. The van der Waals surface area contributed by atoms with E-state index in [2.05, 4.69) is 30.9 Å². The number of hydrogen-bond acceptors (Lipinski definition) is 2. The lowest BCUT2D eigenvalue weighted by atomic mass is 9.91. The Morgan fingerprint density at radius 1 is 1.35 bits per heavy atom. The van der Waals surface area contributed by atoms with Crippen molar-refractivity contribution in [3.05, 3.63) is 28.8 Å². The van der Waals surface area contributed by atoms with E-state index in [1.165, 1.54) is 36.9 Å². The van der Waals surface area contributed by atoms with E-state index in [1.54, 1.807) is 0 Å². The van der Waals surface area contributed by atoms with Crippen molar-refractivity contribution >= 4 is 17.3 Å². The normalized spacial score (nSPS) is 18.3. The van der Waals surface area contributed by atoms with Crippen LogP contribution in [0.5, 0.6) is 0 Å². The molecular formula is C17H27ClN2. The topological polar surface area (TPSA) is 29.3 Å². The molecule has 2 N–H and O–H groups in total. The molecule has 0 radical (unpaired) electrons. The molecule has 3 heteroatoms. The highest BCUT2D eigenvalue weighted by atomic mass is 35.5. The summed E-state index contributed by atoms with van der Waals surface area (Å²) in [4.78, 5) is 2.51. The van der Waals surface area contributed by atoms with Gasteiger partial charge in [0.2, 0.25) is 0 Å². The molecule has 0 aliphatic carbocycles. The van der Waals surface area contributed by atoms with Crippen LogP contribution in [0.2, 0.25) is 5.02 Å². The molecule has 1 aliphatic heterocycles. The molecule has 0 aromatic heterocycles. The zero-order valence-corrected chi connectivity index (χ0v) is 13.5. The van der Waals surface area contributed by atoms with E-state index < -0.39 is 0 Å². The fraction of sp³-hybridized carbons (Fsp3) is 0.647. The van der Waals surface area contributed by atoms with Crippen LogP contribution in [0.3, 0.4) is 0 Å². The molecular weight excluding hydrogens is 268 g/mol. The van der Waals surface area contributed by atoms with Gasteiger partial charge < -0.3 is 10.6 Å². The minimum Gasteiger partial charge on any atom is -0.371 e. The first-order valence-corrected chi connectivity index (χ1v) is 8.27. The van der Waals surface area contributed by atoms with Gasteiger partial charge in [-0.15, -0.1) is 0 Å². The summed E-state index contributed by atoms with van der Waals surface area (Å²) in [5.41, 5.74) is 8.60. The Balaban J connectivity index is 2.09. The van der Waals surface area contributed by atoms with Crippen LogP contribution in [0, 0.1) is 5.92 Å². The average molecular weight is 295 g/mol. The van der Waals surface area contributed by atoms with Crippen LogP contribution in [-0.2, 0) is 6.42 Å². The first kappa shape index (κ1) is 15.7. The quantitative estimate of drug-likeness (QED) is 0.880. The fourth-order valence-corrected chi connectivity index (χ4v) is 3.44. The largest absolute Gasteiger partial charge is 0.371 e. The van der Waals surface area contributed by atoms with Gasteiger partial charge in [-0.05, 0) is 55.9 Å². The number of benzene rings is 1. The monoisotopic (exact) mass is 294 g/mol. The Hall–Kier alpha value is -0.730. The number of nitrogens with zero attached hydrogens (tertiary/aromatic N) is 1. The number of halogens is 1. The van der Waals surface area contributed by atoms with E-state index in [1.807, 2.05) is 6.07 Å². The van der Waals surface area contributed by atoms with Gasteiger partial charge in [0, 0.05) is 29.8 Å². The number of rotatable bonds is 5. The van der Waals surface area contributed by atoms with Gasteiger partial charge in [0.1, 0.15) is 0 Å². The Morgan fingerprint density at radius 2 is 2.05 bits per heavy atom. The van der Waals surface area contributed by atoms with E-state index >= 15 is 0 Å². The summed E-state index contributed by atoms with van der Waals surface area (Å²) in [5, 5.41) is 0.810. The molecule has 0 bridgehead atoms. The maximum atomic E-state index is 6.14. The van der Waals surface area contributed by atoms with Crippen LogP contribution in [0.15, 0.2) is 18.2 Å².